The van der Waals surface area contributed by atoms with Crippen LogP contribution in [0.15, 0.2) is 29.3 Å². The maximum Gasteiger partial charge on any atom is 0.191 e. The van der Waals surface area contributed by atoms with E-state index in [-0.39, 0.29) is 5.41 Å². The van der Waals surface area contributed by atoms with E-state index < -0.39 is 0 Å². The molecule has 2 N–H and O–H groups in total. The Kier molecular flexibility index (Phi) is 5.33. The van der Waals surface area contributed by atoms with Crippen LogP contribution in [0.1, 0.15) is 39.2 Å². The number of piperidine rings is 1. The van der Waals surface area contributed by atoms with Crippen molar-refractivity contribution in [3.05, 3.63) is 29.8 Å². The molecule has 0 unspecified atom stereocenters. The molecule has 0 aliphatic carbocycles. The summed E-state index contributed by atoms with van der Waals surface area (Å²) >= 11 is 0. The van der Waals surface area contributed by atoms with Gasteiger partial charge in [0.2, 0.25) is 0 Å². The average molecular weight is 303 g/mol. The Morgan fingerprint density at radius 1 is 1.36 bits per heavy atom. The quantitative estimate of drug-likeness (QED) is 0.687. The topological polar surface area (TPSA) is 50.9 Å². The summed E-state index contributed by atoms with van der Waals surface area (Å²) in [6.45, 7) is 9.41. The predicted molar refractivity (Wildman–Crippen MR) is 92.5 cm³/mol. The molecule has 0 aromatic heterocycles. The molecule has 0 amide bonds. The first-order valence-corrected chi connectivity index (χ1v) is 8.12. The smallest absolute Gasteiger partial charge is 0.191 e. The summed E-state index contributed by atoms with van der Waals surface area (Å²) in [7, 11) is 1.69. The number of aliphatic imine (C=N–C) groups is 1. The number of hydrogen-bond acceptors (Lipinski definition) is 2. The molecule has 0 spiro atoms. The van der Waals surface area contributed by atoms with Gasteiger partial charge in [-0.15, -0.1) is 0 Å². The van der Waals surface area contributed by atoms with Crippen LogP contribution in [0.2, 0.25) is 0 Å². The van der Waals surface area contributed by atoms with Crippen LogP contribution in [0.4, 0.5) is 0 Å². The van der Waals surface area contributed by atoms with Crippen molar-refractivity contribution in [2.45, 2.75) is 39.0 Å². The first-order valence-electron chi connectivity index (χ1n) is 8.12. The van der Waals surface area contributed by atoms with E-state index >= 15 is 0 Å². The van der Waals surface area contributed by atoms with Crippen LogP contribution < -0.4 is 10.5 Å². The van der Waals surface area contributed by atoms with Gasteiger partial charge in [0.1, 0.15) is 5.75 Å². The normalized spacial score (nSPS) is 17.6. The second kappa shape index (κ2) is 7.03. The van der Waals surface area contributed by atoms with E-state index in [4.69, 9.17) is 10.5 Å². The van der Waals surface area contributed by atoms with Crippen molar-refractivity contribution in [2.75, 3.05) is 26.7 Å². The largest absolute Gasteiger partial charge is 0.497 e. The molecule has 1 aliphatic heterocycles. The Morgan fingerprint density at radius 2 is 2.05 bits per heavy atom. The van der Waals surface area contributed by atoms with Gasteiger partial charge < -0.3 is 15.4 Å². The molecule has 0 saturated carbocycles. The Balaban J connectivity index is 2.02. The fraction of sp³-hybridized carbons (Fsp3) is 0.611. The number of nitrogens with zero attached hydrogens (tertiary/aromatic N) is 2. The third-order valence-corrected chi connectivity index (χ3v) is 4.60. The number of hydrogen-bond donors (Lipinski definition) is 1. The van der Waals surface area contributed by atoms with Gasteiger partial charge in [-0.1, -0.05) is 32.9 Å². The number of guanidine groups is 1. The maximum atomic E-state index is 6.19. The molecule has 4 heteroatoms. The van der Waals surface area contributed by atoms with E-state index in [9.17, 15) is 0 Å². The van der Waals surface area contributed by atoms with E-state index in [0.29, 0.717) is 12.5 Å². The monoisotopic (exact) mass is 303 g/mol. The van der Waals surface area contributed by atoms with Crippen molar-refractivity contribution in [1.29, 1.82) is 0 Å². The lowest BCUT2D eigenvalue weighted by molar-refractivity contribution is 0.277. The van der Waals surface area contributed by atoms with Gasteiger partial charge in [-0.05, 0) is 36.5 Å². The lowest BCUT2D eigenvalue weighted by atomic mass is 9.84. The summed E-state index contributed by atoms with van der Waals surface area (Å²) in [5, 5.41) is 0. The highest BCUT2D eigenvalue weighted by Crippen LogP contribution is 2.27. The molecule has 1 aromatic rings. The average Bonchev–Trinajstić information content (AvgIpc) is 2.53. The van der Waals surface area contributed by atoms with Gasteiger partial charge in [-0.2, -0.15) is 0 Å². The van der Waals surface area contributed by atoms with Crippen LogP contribution in [0.5, 0.6) is 5.75 Å². The number of likely N-dealkylation sites (tertiary alicyclic amines) is 1. The van der Waals surface area contributed by atoms with Gasteiger partial charge in [0.25, 0.3) is 0 Å². The summed E-state index contributed by atoms with van der Waals surface area (Å²) in [6, 6.07) is 8.19. The van der Waals surface area contributed by atoms with E-state index in [0.717, 1.165) is 24.8 Å². The maximum absolute atomic E-state index is 6.19. The fourth-order valence-corrected chi connectivity index (χ4v) is 2.75. The molecule has 4 nitrogen and oxygen atoms in total. The molecule has 0 radical (unpaired) electrons. The highest BCUT2D eigenvalue weighted by molar-refractivity contribution is 5.78. The van der Waals surface area contributed by atoms with Crippen molar-refractivity contribution in [3.63, 3.8) is 0 Å². The summed E-state index contributed by atoms with van der Waals surface area (Å²) in [5.74, 6) is 2.37. The molecule has 1 saturated heterocycles. The lowest BCUT2D eigenvalue weighted by Gasteiger charge is -2.32. The molecular weight excluding hydrogens is 274 g/mol. The summed E-state index contributed by atoms with van der Waals surface area (Å²) < 4.78 is 5.31. The van der Waals surface area contributed by atoms with E-state index in [1.165, 1.54) is 18.4 Å². The molecule has 22 heavy (non-hydrogen) atoms. The zero-order valence-electron chi connectivity index (χ0n) is 14.3. The molecule has 0 bridgehead atoms. The zero-order chi connectivity index (χ0) is 16.2. The Hall–Kier alpha value is -1.71. The van der Waals surface area contributed by atoms with Gasteiger partial charge in [-0.25, -0.2) is 0 Å². The second-order valence-corrected chi connectivity index (χ2v) is 6.96. The van der Waals surface area contributed by atoms with Gasteiger partial charge in [0, 0.05) is 18.5 Å². The van der Waals surface area contributed by atoms with Crippen molar-refractivity contribution in [3.8, 4) is 5.75 Å². The molecule has 0 atom stereocenters. The highest BCUT2D eigenvalue weighted by Gasteiger charge is 2.22. The zero-order valence-corrected chi connectivity index (χ0v) is 14.3. The Morgan fingerprint density at radius 3 is 2.68 bits per heavy atom. The Labute approximate surface area is 134 Å². The number of nitrogens with two attached hydrogens (primary N) is 1. The third-order valence-electron chi connectivity index (χ3n) is 4.60. The minimum absolute atomic E-state index is 0.0672. The number of benzene rings is 1. The number of methoxy groups -OCH3 is 1. The first kappa shape index (κ1) is 16.7. The number of ether oxygens (including phenoxy) is 1. The molecule has 1 fully saturated rings. The molecule has 122 valence electrons. The molecule has 1 heterocycles. The highest BCUT2D eigenvalue weighted by atomic mass is 16.5. The van der Waals surface area contributed by atoms with Gasteiger partial charge in [-0.3, -0.25) is 4.99 Å². The first-order chi connectivity index (χ1) is 10.4. The molecule has 1 aromatic carbocycles. The van der Waals surface area contributed by atoms with Crippen molar-refractivity contribution in [1.82, 2.24) is 4.90 Å². The summed E-state index contributed by atoms with van der Waals surface area (Å²) in [5.41, 5.74) is 7.34. The number of rotatable bonds is 4. The standard InChI is InChI=1S/C18H29N3O/c1-14-8-10-21(11-9-14)17(19)20-13-18(2,3)15-6-5-7-16(12-15)22-4/h5-7,12,14H,8-11,13H2,1-4H3,(H2,19,20). The van der Waals surface area contributed by atoms with Crippen LogP contribution in [0.3, 0.4) is 0 Å². The summed E-state index contributed by atoms with van der Waals surface area (Å²) in [6.07, 6.45) is 2.41. The van der Waals surface area contributed by atoms with Crippen LogP contribution in [0.25, 0.3) is 0 Å². The SMILES string of the molecule is COc1cccc(C(C)(C)CN=C(N)N2CCC(C)CC2)c1. The third kappa shape index (κ3) is 4.15. The molecule has 1 aliphatic rings. The van der Waals surface area contributed by atoms with Crippen molar-refractivity contribution < 1.29 is 4.74 Å². The minimum Gasteiger partial charge on any atom is -0.497 e. The van der Waals surface area contributed by atoms with Gasteiger partial charge >= 0.3 is 0 Å². The van der Waals surface area contributed by atoms with Gasteiger partial charge in [0.15, 0.2) is 5.96 Å². The van der Waals surface area contributed by atoms with Crippen LogP contribution in [0, 0.1) is 5.92 Å². The second-order valence-electron chi connectivity index (χ2n) is 6.96. The van der Waals surface area contributed by atoms with Crippen LogP contribution in [-0.4, -0.2) is 37.6 Å². The minimum atomic E-state index is -0.0672. The van der Waals surface area contributed by atoms with Gasteiger partial charge in [0.05, 0.1) is 13.7 Å². The predicted octanol–water partition coefficient (Wildman–Crippen LogP) is 3.02. The lowest BCUT2D eigenvalue weighted by Crippen LogP contribution is -2.43. The van der Waals surface area contributed by atoms with Crippen LogP contribution >= 0.6 is 0 Å². The Bertz CT molecular complexity index is 517. The summed E-state index contributed by atoms with van der Waals surface area (Å²) in [4.78, 5) is 6.87. The van der Waals surface area contributed by atoms with Crippen LogP contribution in [-0.2, 0) is 5.41 Å². The van der Waals surface area contributed by atoms with E-state index in [1.54, 1.807) is 7.11 Å². The molecular formula is C18H29N3O. The van der Waals surface area contributed by atoms with Crippen molar-refractivity contribution in [2.24, 2.45) is 16.6 Å². The van der Waals surface area contributed by atoms with Crippen molar-refractivity contribution >= 4 is 5.96 Å². The fourth-order valence-electron chi connectivity index (χ4n) is 2.75. The van der Waals surface area contributed by atoms with E-state index in [2.05, 4.69) is 42.8 Å². The molecule has 2 rings (SSSR count). The van der Waals surface area contributed by atoms with E-state index in [1.807, 2.05) is 12.1 Å².